The van der Waals surface area contributed by atoms with E-state index in [9.17, 15) is 0 Å². The van der Waals surface area contributed by atoms with E-state index in [1.807, 2.05) is 58.8 Å². The summed E-state index contributed by atoms with van der Waals surface area (Å²) in [6, 6.07) is 0. The van der Waals surface area contributed by atoms with Crippen LogP contribution < -0.4 is 0 Å². The van der Waals surface area contributed by atoms with Gasteiger partial charge in [0.05, 0.1) is 0 Å². The normalized spacial score (nSPS) is 42.3. The van der Waals surface area contributed by atoms with Crippen LogP contribution in [-0.2, 0) is 0 Å². The Labute approximate surface area is 322 Å². The van der Waals surface area contributed by atoms with Crippen molar-refractivity contribution in [3.8, 4) is 0 Å². The lowest BCUT2D eigenvalue weighted by Crippen LogP contribution is -2.08. The van der Waals surface area contributed by atoms with Crippen LogP contribution in [0.5, 0.6) is 0 Å². The van der Waals surface area contributed by atoms with Crippen molar-refractivity contribution in [1.82, 2.24) is 0 Å². The van der Waals surface area contributed by atoms with Crippen molar-refractivity contribution < 1.29 is 0 Å². The highest BCUT2D eigenvalue weighted by atomic mass is 32.3. The second-order valence-electron chi connectivity index (χ2n) is 11.2. The molecule has 0 N–H and O–H groups in total. The number of thiocarbonyl (C=S) groups is 2. The van der Waals surface area contributed by atoms with Crippen molar-refractivity contribution >= 4 is 184 Å². The van der Waals surface area contributed by atoms with E-state index >= 15 is 0 Å². The van der Waals surface area contributed by atoms with E-state index in [-0.39, 0.29) is 0 Å². The van der Waals surface area contributed by atoms with Gasteiger partial charge in [0.25, 0.3) is 0 Å². The molecule has 240 valence electrons. The molecule has 0 amide bonds. The van der Waals surface area contributed by atoms with Crippen molar-refractivity contribution in [3.05, 3.63) is 0 Å². The Morgan fingerprint density at radius 2 is 0.905 bits per heavy atom. The molecule has 7 fully saturated rings. The summed E-state index contributed by atoms with van der Waals surface area (Å²) >= 11 is 37.8. The average Bonchev–Trinajstić information content (AvgIpc) is 3.56. The van der Waals surface area contributed by atoms with E-state index in [4.69, 9.17) is 24.4 Å². The van der Waals surface area contributed by atoms with Gasteiger partial charge in [0.1, 0.15) is 7.06 Å². The van der Waals surface area contributed by atoms with Gasteiger partial charge in [-0.05, 0) is 25.7 Å². The van der Waals surface area contributed by atoms with E-state index in [0.29, 0.717) is 5.49 Å². The molecule has 7 aliphatic rings. The SMILES string of the molecule is CC1CS1.CC1CSC2(SCC(CCCC3CSC4(SCC(C)S4)S3)S2)S1.S=C1SCC(CCCC2CSC(=S)S2)S1. The van der Waals surface area contributed by atoms with Crippen LogP contribution in [0.2, 0.25) is 0 Å². The smallest absolute Gasteiger partial charge is 0.154 e. The van der Waals surface area contributed by atoms with Gasteiger partial charge in [-0.15, -0.1) is 141 Å². The monoisotopic (exact) mass is 846 g/mol. The first-order valence-electron chi connectivity index (χ1n) is 14.8. The third-order valence-electron chi connectivity index (χ3n) is 7.10. The van der Waals surface area contributed by atoms with Gasteiger partial charge in [0.15, 0.2) is 5.49 Å². The summed E-state index contributed by atoms with van der Waals surface area (Å²) in [5, 5.41) is 6.10. The summed E-state index contributed by atoms with van der Waals surface area (Å²) in [5.74, 6) is 9.34. The lowest BCUT2D eigenvalue weighted by Gasteiger charge is -2.20. The molecule has 42 heavy (non-hydrogen) atoms. The topological polar surface area (TPSA) is 0 Å². The predicted octanol–water partition coefficient (Wildman–Crippen LogP) is 12.4. The van der Waals surface area contributed by atoms with E-state index in [0.717, 1.165) is 43.8 Å². The molecule has 0 radical (unpaired) electrons. The first kappa shape index (κ1) is 38.0. The van der Waals surface area contributed by atoms with Gasteiger partial charge in [-0.3, -0.25) is 0 Å². The van der Waals surface area contributed by atoms with Gasteiger partial charge >= 0.3 is 0 Å². The molecule has 0 aliphatic carbocycles. The van der Waals surface area contributed by atoms with Crippen LogP contribution in [0.15, 0.2) is 0 Å². The lowest BCUT2D eigenvalue weighted by atomic mass is 10.1. The number of hydrogen-bond acceptors (Lipinski definition) is 15. The van der Waals surface area contributed by atoms with Crippen LogP contribution >= 0.6 is 177 Å². The number of rotatable bonds is 8. The Balaban J connectivity index is 0.000000158. The van der Waals surface area contributed by atoms with Crippen LogP contribution in [0.3, 0.4) is 0 Å². The summed E-state index contributed by atoms with van der Waals surface area (Å²) in [5.41, 5.74) is 0. The van der Waals surface area contributed by atoms with Gasteiger partial charge in [0.2, 0.25) is 0 Å². The first-order valence-corrected chi connectivity index (χ1v) is 27.8. The third kappa shape index (κ3) is 12.8. The van der Waals surface area contributed by atoms with Crippen LogP contribution in [-0.4, -0.2) is 89.6 Å². The van der Waals surface area contributed by atoms with Crippen LogP contribution in [0.1, 0.15) is 59.3 Å². The Morgan fingerprint density at radius 1 is 0.524 bits per heavy atom. The van der Waals surface area contributed by atoms with Crippen molar-refractivity contribution in [1.29, 1.82) is 0 Å². The molecule has 0 bridgehead atoms. The van der Waals surface area contributed by atoms with Gasteiger partial charge in [-0.2, -0.15) is 11.8 Å². The maximum absolute atomic E-state index is 5.17. The maximum atomic E-state index is 5.17. The molecule has 0 aromatic heterocycles. The summed E-state index contributed by atoms with van der Waals surface area (Å²) in [6.45, 7) is 7.03. The maximum Gasteiger partial charge on any atom is 0.154 e. The summed E-state index contributed by atoms with van der Waals surface area (Å²) in [6.07, 6.45) is 8.32. The standard InChI is InChI=1S/C15H24S8.C9H12S6.C3H6S/c1-10-6-16-14(20-10)18-8-12(22-14)4-3-5-13-9-19-15(23-13)17-7-11(2)21-15;10-8-12-4-6(14-8)2-1-3-7-5-13-9(11)15-7;1-3-2-4-3/h10-13H,3-9H2,1-2H3;6-7H,1-5H2;3H,2H2,1H3. The molecule has 9 unspecified atom stereocenters. The van der Waals surface area contributed by atoms with Crippen molar-refractivity contribution in [2.24, 2.45) is 0 Å². The van der Waals surface area contributed by atoms with Gasteiger partial charge in [0, 0.05) is 77.0 Å². The van der Waals surface area contributed by atoms with Gasteiger partial charge < -0.3 is 0 Å². The fraction of sp³-hybridized carbons (Fsp3) is 0.926. The minimum atomic E-state index is 0.472. The summed E-state index contributed by atoms with van der Waals surface area (Å²) in [7, 11) is 0. The Morgan fingerprint density at radius 3 is 1.21 bits per heavy atom. The molecular formula is C27H42S15. The average molecular weight is 848 g/mol. The number of hydrogen-bond donors (Lipinski definition) is 0. The second-order valence-corrected chi connectivity index (χ2v) is 34.1. The molecule has 0 aromatic carbocycles. The molecule has 9 atom stereocenters. The largest absolute Gasteiger partial charge is 0.157 e. The van der Waals surface area contributed by atoms with Crippen molar-refractivity contribution in [2.75, 3.05) is 40.3 Å². The fourth-order valence-electron chi connectivity index (χ4n) is 4.82. The summed E-state index contributed by atoms with van der Waals surface area (Å²) in [4.78, 5) is 0. The van der Waals surface area contributed by atoms with Gasteiger partial charge in [-0.25, -0.2) is 0 Å². The first-order chi connectivity index (χ1) is 20.2. The van der Waals surface area contributed by atoms with Crippen molar-refractivity contribution in [3.63, 3.8) is 0 Å². The molecule has 7 saturated heterocycles. The molecule has 15 heteroatoms. The molecule has 7 aliphatic heterocycles. The van der Waals surface area contributed by atoms with E-state index in [2.05, 4.69) is 115 Å². The zero-order chi connectivity index (χ0) is 29.6. The quantitative estimate of drug-likeness (QED) is 0.168. The molecule has 7 rings (SSSR count). The van der Waals surface area contributed by atoms with E-state index in [1.54, 1.807) is 0 Å². The van der Waals surface area contributed by atoms with E-state index in [1.165, 1.54) is 78.8 Å². The van der Waals surface area contributed by atoms with Crippen LogP contribution in [0, 0.1) is 0 Å². The Kier molecular flexibility index (Phi) is 17.0. The zero-order valence-corrected chi connectivity index (χ0v) is 36.6. The summed E-state index contributed by atoms with van der Waals surface area (Å²) < 4.78 is 3.23. The minimum absolute atomic E-state index is 0.472. The molecule has 2 spiro atoms. The third-order valence-corrected chi connectivity index (χ3v) is 30.8. The highest BCUT2D eigenvalue weighted by Gasteiger charge is 2.48. The highest BCUT2D eigenvalue weighted by Crippen LogP contribution is 2.68. The predicted molar refractivity (Wildman–Crippen MR) is 235 cm³/mol. The van der Waals surface area contributed by atoms with Gasteiger partial charge in [-0.1, -0.05) is 58.0 Å². The second kappa shape index (κ2) is 18.8. The fourth-order valence-corrected chi connectivity index (χ4v) is 28.5. The molecule has 0 nitrogen and oxygen atoms in total. The molecule has 7 heterocycles. The molecular weight excluding hydrogens is 805 g/mol. The number of thioether (sulfide) groups is 13. The Bertz CT molecular complexity index is 837. The molecule has 0 saturated carbocycles. The van der Waals surface area contributed by atoms with Crippen molar-refractivity contribution in [2.45, 2.75) is 102 Å². The minimum Gasteiger partial charge on any atom is -0.157 e. The zero-order valence-electron chi connectivity index (χ0n) is 24.4. The molecule has 0 aromatic rings. The van der Waals surface area contributed by atoms with Crippen LogP contribution in [0.25, 0.3) is 0 Å². The van der Waals surface area contributed by atoms with E-state index < -0.39 is 0 Å². The Hall–Kier alpha value is 4.73. The highest BCUT2D eigenvalue weighted by molar-refractivity contribution is 8.52. The van der Waals surface area contributed by atoms with Crippen LogP contribution in [0.4, 0.5) is 0 Å². The lowest BCUT2D eigenvalue weighted by molar-refractivity contribution is 0.682.